The van der Waals surface area contributed by atoms with E-state index in [2.05, 4.69) is 19.2 Å². The van der Waals surface area contributed by atoms with Gasteiger partial charge < -0.3 is 5.32 Å². The molecule has 1 aromatic carbocycles. The Morgan fingerprint density at radius 2 is 2.12 bits per heavy atom. The van der Waals surface area contributed by atoms with Crippen molar-refractivity contribution in [2.24, 2.45) is 0 Å². The van der Waals surface area contributed by atoms with Crippen LogP contribution in [0.3, 0.4) is 0 Å². The molecule has 1 rings (SSSR count). The molecule has 1 atom stereocenters. The Bertz CT molecular complexity index is 341. The van der Waals surface area contributed by atoms with Crippen molar-refractivity contribution in [3.05, 3.63) is 35.1 Å². The first-order valence-corrected chi connectivity index (χ1v) is 7.41. The summed E-state index contributed by atoms with van der Waals surface area (Å²) < 4.78 is 13.3. The first-order valence-electron chi connectivity index (χ1n) is 6.26. The van der Waals surface area contributed by atoms with Crippen LogP contribution in [0.2, 0.25) is 0 Å². The van der Waals surface area contributed by atoms with E-state index < -0.39 is 0 Å². The minimum Gasteiger partial charge on any atom is -0.309 e. The van der Waals surface area contributed by atoms with Gasteiger partial charge in [0.2, 0.25) is 0 Å². The lowest BCUT2D eigenvalue weighted by Crippen LogP contribution is -2.24. The Kier molecular flexibility index (Phi) is 6.60. The molecule has 0 saturated heterocycles. The molecule has 0 saturated carbocycles. The topological polar surface area (TPSA) is 12.0 Å². The summed E-state index contributed by atoms with van der Waals surface area (Å²) in [6, 6.07) is 5.31. The number of aryl methyl sites for hydroxylation is 1. The molecule has 0 aromatic heterocycles. The van der Waals surface area contributed by atoms with Crippen molar-refractivity contribution >= 4 is 11.8 Å². The van der Waals surface area contributed by atoms with Crippen molar-refractivity contribution in [1.82, 2.24) is 5.32 Å². The highest BCUT2D eigenvalue weighted by atomic mass is 32.2. The molecule has 1 nitrogen and oxygen atoms in total. The van der Waals surface area contributed by atoms with Gasteiger partial charge in [0.25, 0.3) is 0 Å². The van der Waals surface area contributed by atoms with Crippen LogP contribution in [0, 0.1) is 12.7 Å². The largest absolute Gasteiger partial charge is 0.309 e. The van der Waals surface area contributed by atoms with Crippen LogP contribution < -0.4 is 5.32 Å². The number of hydrogen-bond donors (Lipinski definition) is 1. The standard InChI is InChI=1S/C14H22FNS/c1-4-8-17-10-14(16-5-2)13-9-12(15)7-6-11(13)3/h6-7,9,14,16H,4-5,8,10H2,1-3H3. The SMILES string of the molecule is CCCSCC(NCC)c1cc(F)ccc1C. The Hall–Kier alpha value is -0.540. The highest BCUT2D eigenvalue weighted by Gasteiger charge is 2.13. The van der Waals surface area contributed by atoms with E-state index in [0.29, 0.717) is 0 Å². The van der Waals surface area contributed by atoms with Crippen LogP contribution in [-0.4, -0.2) is 18.1 Å². The van der Waals surface area contributed by atoms with Crippen molar-refractivity contribution in [1.29, 1.82) is 0 Å². The van der Waals surface area contributed by atoms with Crippen molar-refractivity contribution in [3.63, 3.8) is 0 Å². The lowest BCUT2D eigenvalue weighted by Gasteiger charge is -2.20. The average molecular weight is 255 g/mol. The Balaban J connectivity index is 2.77. The van der Waals surface area contributed by atoms with Gasteiger partial charge in [0.1, 0.15) is 5.82 Å². The predicted octanol–water partition coefficient (Wildman–Crippen LogP) is 3.93. The molecular formula is C14H22FNS. The van der Waals surface area contributed by atoms with Crippen molar-refractivity contribution in [3.8, 4) is 0 Å². The summed E-state index contributed by atoms with van der Waals surface area (Å²) in [5, 5.41) is 3.44. The van der Waals surface area contributed by atoms with Crippen LogP contribution in [0.4, 0.5) is 4.39 Å². The number of thioether (sulfide) groups is 1. The van der Waals surface area contributed by atoms with Gasteiger partial charge in [-0.05, 0) is 48.9 Å². The van der Waals surface area contributed by atoms with Crippen LogP contribution in [0.5, 0.6) is 0 Å². The van der Waals surface area contributed by atoms with Crippen molar-refractivity contribution in [2.75, 3.05) is 18.1 Å². The molecule has 0 aliphatic heterocycles. The second kappa shape index (κ2) is 7.72. The highest BCUT2D eigenvalue weighted by Crippen LogP contribution is 2.23. The number of halogens is 1. The molecule has 1 unspecified atom stereocenters. The third-order valence-electron chi connectivity index (χ3n) is 2.70. The van der Waals surface area contributed by atoms with E-state index >= 15 is 0 Å². The monoisotopic (exact) mass is 255 g/mol. The van der Waals surface area contributed by atoms with Gasteiger partial charge in [-0.2, -0.15) is 11.8 Å². The minimum absolute atomic E-state index is 0.144. The Morgan fingerprint density at radius 3 is 2.76 bits per heavy atom. The second-order valence-corrected chi connectivity index (χ2v) is 5.34. The Morgan fingerprint density at radius 1 is 1.35 bits per heavy atom. The molecule has 0 fully saturated rings. The molecule has 1 aromatic rings. The van der Waals surface area contributed by atoms with Gasteiger partial charge in [-0.25, -0.2) is 4.39 Å². The van der Waals surface area contributed by atoms with Crippen LogP contribution in [0.25, 0.3) is 0 Å². The summed E-state index contributed by atoms with van der Waals surface area (Å²) >= 11 is 1.93. The van der Waals surface area contributed by atoms with Crippen molar-refractivity contribution in [2.45, 2.75) is 33.2 Å². The maximum absolute atomic E-state index is 13.3. The highest BCUT2D eigenvalue weighted by molar-refractivity contribution is 7.99. The van der Waals surface area contributed by atoms with Crippen LogP contribution in [0.15, 0.2) is 18.2 Å². The van der Waals surface area contributed by atoms with E-state index in [0.717, 1.165) is 29.2 Å². The van der Waals surface area contributed by atoms with Gasteiger partial charge in [0, 0.05) is 11.8 Å². The summed E-state index contributed by atoms with van der Waals surface area (Å²) in [5.41, 5.74) is 2.25. The summed E-state index contributed by atoms with van der Waals surface area (Å²) in [6.07, 6.45) is 1.19. The number of hydrogen-bond acceptors (Lipinski definition) is 2. The quantitative estimate of drug-likeness (QED) is 0.741. The van der Waals surface area contributed by atoms with Crippen LogP contribution in [-0.2, 0) is 0 Å². The lowest BCUT2D eigenvalue weighted by atomic mass is 10.0. The summed E-state index contributed by atoms with van der Waals surface area (Å²) in [7, 11) is 0. The molecule has 1 N–H and O–H groups in total. The first-order chi connectivity index (χ1) is 8.19. The zero-order valence-electron chi connectivity index (χ0n) is 10.9. The third-order valence-corrected chi connectivity index (χ3v) is 3.97. The molecule has 3 heteroatoms. The van der Waals surface area contributed by atoms with Crippen molar-refractivity contribution < 1.29 is 4.39 Å². The molecule has 0 aliphatic rings. The molecule has 0 heterocycles. The third kappa shape index (κ3) is 4.68. The lowest BCUT2D eigenvalue weighted by molar-refractivity contribution is 0.585. The maximum Gasteiger partial charge on any atom is 0.123 e. The summed E-state index contributed by atoms with van der Waals surface area (Å²) in [6.45, 7) is 7.23. The molecule has 0 amide bonds. The van der Waals surface area contributed by atoms with Gasteiger partial charge in [-0.15, -0.1) is 0 Å². The van der Waals surface area contributed by atoms with Crippen LogP contribution in [0.1, 0.15) is 37.4 Å². The van der Waals surface area contributed by atoms with Gasteiger partial charge in [-0.3, -0.25) is 0 Å². The van der Waals surface area contributed by atoms with E-state index in [1.807, 2.05) is 24.8 Å². The molecule has 0 spiro atoms. The normalized spacial score (nSPS) is 12.7. The fourth-order valence-corrected chi connectivity index (χ4v) is 2.83. The molecule has 0 aliphatic carbocycles. The van der Waals surface area contributed by atoms with Crippen LogP contribution >= 0.6 is 11.8 Å². The second-order valence-electron chi connectivity index (χ2n) is 4.19. The molecular weight excluding hydrogens is 233 g/mol. The first kappa shape index (κ1) is 14.5. The zero-order valence-corrected chi connectivity index (χ0v) is 11.7. The van der Waals surface area contributed by atoms with Gasteiger partial charge in [0.15, 0.2) is 0 Å². The maximum atomic E-state index is 13.3. The summed E-state index contributed by atoms with van der Waals surface area (Å²) in [5.74, 6) is 2.02. The fourth-order valence-electron chi connectivity index (χ4n) is 1.84. The molecule has 17 heavy (non-hydrogen) atoms. The van der Waals surface area contributed by atoms with E-state index in [1.54, 1.807) is 6.07 Å². The average Bonchev–Trinajstić information content (AvgIpc) is 2.32. The Labute approximate surface area is 108 Å². The van der Waals surface area contributed by atoms with E-state index in [-0.39, 0.29) is 11.9 Å². The predicted molar refractivity (Wildman–Crippen MR) is 75.2 cm³/mol. The number of nitrogens with one attached hydrogen (secondary N) is 1. The van der Waals surface area contributed by atoms with E-state index in [9.17, 15) is 4.39 Å². The van der Waals surface area contributed by atoms with Gasteiger partial charge >= 0.3 is 0 Å². The van der Waals surface area contributed by atoms with Gasteiger partial charge in [0.05, 0.1) is 0 Å². The minimum atomic E-state index is -0.144. The molecule has 0 bridgehead atoms. The molecule has 0 radical (unpaired) electrons. The van der Waals surface area contributed by atoms with E-state index in [4.69, 9.17) is 0 Å². The summed E-state index contributed by atoms with van der Waals surface area (Å²) in [4.78, 5) is 0. The molecule has 96 valence electrons. The number of rotatable bonds is 7. The zero-order chi connectivity index (χ0) is 12.7. The van der Waals surface area contributed by atoms with Gasteiger partial charge in [-0.1, -0.05) is 19.9 Å². The fraction of sp³-hybridized carbons (Fsp3) is 0.571. The smallest absolute Gasteiger partial charge is 0.123 e. The number of benzene rings is 1. The van der Waals surface area contributed by atoms with E-state index in [1.165, 1.54) is 12.5 Å².